The van der Waals surface area contributed by atoms with Crippen LogP contribution in [-0.2, 0) is 0 Å². The molecule has 0 fully saturated rings. The molecule has 0 saturated carbocycles. The first-order valence-corrected chi connectivity index (χ1v) is 3.29. The Morgan fingerprint density at radius 2 is 2.10 bits per heavy atom. The molecule has 0 amide bonds. The highest BCUT2D eigenvalue weighted by Crippen LogP contribution is 2.16. The molecule has 1 unspecified atom stereocenters. The summed E-state index contributed by atoms with van der Waals surface area (Å²) in [6.45, 7) is 1.93. The van der Waals surface area contributed by atoms with E-state index in [1.807, 2.05) is 6.92 Å². The van der Waals surface area contributed by atoms with Crippen molar-refractivity contribution in [3.8, 4) is 0 Å². The van der Waals surface area contributed by atoms with Gasteiger partial charge in [0.15, 0.2) is 0 Å². The van der Waals surface area contributed by atoms with E-state index in [0.29, 0.717) is 0 Å². The highest BCUT2D eigenvalue weighted by atomic mass is 14.7. The Hall–Kier alpha value is -0.960. The SMILES string of the molecule is CC1=C(N)C=C(N)CC1N. The fraction of sp³-hybridized carbons (Fsp3) is 0.429. The minimum Gasteiger partial charge on any atom is -0.402 e. The first kappa shape index (κ1) is 7.15. The van der Waals surface area contributed by atoms with Crippen LogP contribution in [-0.4, -0.2) is 6.04 Å². The van der Waals surface area contributed by atoms with E-state index in [4.69, 9.17) is 17.2 Å². The van der Waals surface area contributed by atoms with Crippen molar-refractivity contribution in [2.75, 3.05) is 0 Å². The standard InChI is InChI=1S/C7H13N3/c1-4-6(9)2-5(8)3-7(4)10/h2,7H,3,8-10H2,1H3. The first-order valence-electron chi connectivity index (χ1n) is 3.29. The molecule has 56 valence electrons. The van der Waals surface area contributed by atoms with E-state index in [9.17, 15) is 0 Å². The molecule has 1 atom stereocenters. The predicted octanol–water partition coefficient (Wildman–Crippen LogP) is -0.207. The molecule has 0 bridgehead atoms. The van der Waals surface area contributed by atoms with Gasteiger partial charge in [-0.1, -0.05) is 0 Å². The van der Waals surface area contributed by atoms with E-state index in [2.05, 4.69) is 0 Å². The van der Waals surface area contributed by atoms with Crippen LogP contribution in [0.5, 0.6) is 0 Å². The predicted molar refractivity (Wildman–Crippen MR) is 41.8 cm³/mol. The highest BCUT2D eigenvalue weighted by Gasteiger charge is 2.13. The summed E-state index contributed by atoms with van der Waals surface area (Å²) in [4.78, 5) is 0. The molecule has 1 rings (SSSR count). The van der Waals surface area contributed by atoms with Gasteiger partial charge >= 0.3 is 0 Å². The second kappa shape index (κ2) is 2.34. The van der Waals surface area contributed by atoms with Crippen molar-refractivity contribution >= 4 is 0 Å². The fourth-order valence-corrected chi connectivity index (χ4v) is 0.994. The molecule has 0 spiro atoms. The van der Waals surface area contributed by atoms with Gasteiger partial charge in [0.05, 0.1) is 0 Å². The second-order valence-corrected chi connectivity index (χ2v) is 2.67. The van der Waals surface area contributed by atoms with Crippen molar-refractivity contribution in [1.82, 2.24) is 0 Å². The van der Waals surface area contributed by atoms with Gasteiger partial charge in [-0.25, -0.2) is 0 Å². The van der Waals surface area contributed by atoms with Gasteiger partial charge in [-0.2, -0.15) is 0 Å². The van der Waals surface area contributed by atoms with Crippen molar-refractivity contribution in [1.29, 1.82) is 0 Å². The lowest BCUT2D eigenvalue weighted by Crippen LogP contribution is -2.29. The van der Waals surface area contributed by atoms with Crippen LogP contribution < -0.4 is 17.2 Å². The maximum atomic E-state index is 5.70. The van der Waals surface area contributed by atoms with Crippen LogP contribution in [0.2, 0.25) is 0 Å². The molecule has 1 aliphatic rings. The largest absolute Gasteiger partial charge is 0.402 e. The van der Waals surface area contributed by atoms with Gasteiger partial charge in [0, 0.05) is 23.9 Å². The lowest BCUT2D eigenvalue weighted by molar-refractivity contribution is 0.726. The van der Waals surface area contributed by atoms with Crippen molar-refractivity contribution in [3.05, 3.63) is 23.0 Å². The van der Waals surface area contributed by atoms with Crippen LogP contribution in [0, 0.1) is 0 Å². The molecular weight excluding hydrogens is 126 g/mol. The molecule has 1 aliphatic carbocycles. The Bertz CT molecular complexity index is 203. The number of allylic oxidation sites excluding steroid dienone is 1. The zero-order chi connectivity index (χ0) is 7.72. The summed E-state index contributed by atoms with van der Waals surface area (Å²) >= 11 is 0. The van der Waals surface area contributed by atoms with Crippen LogP contribution >= 0.6 is 0 Å². The zero-order valence-corrected chi connectivity index (χ0v) is 6.09. The Morgan fingerprint density at radius 3 is 2.60 bits per heavy atom. The molecular formula is C7H13N3. The summed E-state index contributed by atoms with van der Waals surface area (Å²) in [5.74, 6) is 0. The lowest BCUT2D eigenvalue weighted by atomic mass is 9.97. The normalized spacial score (nSPS) is 26.6. The van der Waals surface area contributed by atoms with Crippen molar-refractivity contribution in [3.63, 3.8) is 0 Å². The Kier molecular flexibility index (Phi) is 1.68. The molecule has 3 heteroatoms. The van der Waals surface area contributed by atoms with Crippen LogP contribution in [0.15, 0.2) is 23.0 Å². The molecule has 0 radical (unpaired) electrons. The van der Waals surface area contributed by atoms with Crippen LogP contribution in [0.25, 0.3) is 0 Å². The molecule has 10 heavy (non-hydrogen) atoms. The van der Waals surface area contributed by atoms with Crippen LogP contribution in [0.3, 0.4) is 0 Å². The van der Waals surface area contributed by atoms with Crippen molar-refractivity contribution < 1.29 is 0 Å². The third kappa shape index (κ3) is 1.14. The summed E-state index contributed by atoms with van der Waals surface area (Å²) in [5, 5.41) is 0. The number of hydrogen-bond donors (Lipinski definition) is 3. The summed E-state index contributed by atoms with van der Waals surface area (Å²) in [6.07, 6.45) is 2.51. The molecule has 0 aromatic rings. The number of nitrogens with two attached hydrogens (primary N) is 3. The van der Waals surface area contributed by atoms with Gasteiger partial charge in [-0.3, -0.25) is 0 Å². The number of hydrogen-bond acceptors (Lipinski definition) is 3. The minimum atomic E-state index is 0.0185. The molecule has 6 N–H and O–H groups in total. The van der Waals surface area contributed by atoms with Gasteiger partial charge in [0.2, 0.25) is 0 Å². The van der Waals surface area contributed by atoms with E-state index in [1.165, 1.54) is 0 Å². The van der Waals surface area contributed by atoms with Gasteiger partial charge in [-0.15, -0.1) is 0 Å². The highest BCUT2D eigenvalue weighted by molar-refractivity contribution is 5.32. The van der Waals surface area contributed by atoms with E-state index in [1.54, 1.807) is 6.08 Å². The fourth-order valence-electron chi connectivity index (χ4n) is 0.994. The van der Waals surface area contributed by atoms with Gasteiger partial charge in [0.25, 0.3) is 0 Å². The van der Waals surface area contributed by atoms with E-state index >= 15 is 0 Å². The Labute approximate surface area is 60.6 Å². The monoisotopic (exact) mass is 139 g/mol. The maximum absolute atomic E-state index is 5.70. The van der Waals surface area contributed by atoms with E-state index in [0.717, 1.165) is 23.4 Å². The molecule has 0 aromatic carbocycles. The first-order chi connectivity index (χ1) is 4.61. The number of rotatable bonds is 0. The molecule has 0 aromatic heterocycles. The van der Waals surface area contributed by atoms with Gasteiger partial charge in [-0.05, 0) is 18.6 Å². The topological polar surface area (TPSA) is 78.1 Å². The molecule has 0 heterocycles. The van der Waals surface area contributed by atoms with E-state index in [-0.39, 0.29) is 6.04 Å². The average Bonchev–Trinajstić information content (AvgIpc) is 1.82. The van der Waals surface area contributed by atoms with E-state index < -0.39 is 0 Å². The minimum absolute atomic E-state index is 0.0185. The third-order valence-corrected chi connectivity index (χ3v) is 1.81. The van der Waals surface area contributed by atoms with Crippen LogP contribution in [0.4, 0.5) is 0 Å². The lowest BCUT2D eigenvalue weighted by Gasteiger charge is -2.19. The summed E-state index contributed by atoms with van der Waals surface area (Å²) in [7, 11) is 0. The smallest absolute Gasteiger partial charge is 0.0336 e. The molecule has 3 nitrogen and oxygen atoms in total. The summed E-state index contributed by atoms with van der Waals surface area (Å²) in [5.41, 5.74) is 19.4. The van der Waals surface area contributed by atoms with Crippen molar-refractivity contribution in [2.45, 2.75) is 19.4 Å². The molecule has 0 aliphatic heterocycles. The quantitative estimate of drug-likeness (QED) is 0.434. The average molecular weight is 139 g/mol. The van der Waals surface area contributed by atoms with Gasteiger partial charge < -0.3 is 17.2 Å². The summed E-state index contributed by atoms with van der Waals surface area (Å²) < 4.78 is 0. The van der Waals surface area contributed by atoms with Gasteiger partial charge in [0.1, 0.15) is 0 Å². The third-order valence-electron chi connectivity index (χ3n) is 1.81. The zero-order valence-electron chi connectivity index (χ0n) is 6.09. The Balaban J connectivity index is 2.92. The summed E-state index contributed by atoms with van der Waals surface area (Å²) in [6, 6.07) is 0.0185. The maximum Gasteiger partial charge on any atom is 0.0336 e. The Morgan fingerprint density at radius 1 is 1.50 bits per heavy atom. The van der Waals surface area contributed by atoms with Crippen molar-refractivity contribution in [2.24, 2.45) is 17.2 Å². The second-order valence-electron chi connectivity index (χ2n) is 2.67. The van der Waals surface area contributed by atoms with Crippen LogP contribution in [0.1, 0.15) is 13.3 Å². The molecule has 0 saturated heterocycles.